The highest BCUT2D eigenvalue weighted by Crippen LogP contribution is 2.38. The first-order chi connectivity index (χ1) is 7.63. The number of fused-ring (bicyclic) bond motifs is 1. The van der Waals surface area contributed by atoms with Gasteiger partial charge in [0.05, 0.1) is 5.69 Å². The SMILES string of the molecule is CCSC(=O)N1CCc2cc(O)c(O)cc21. The van der Waals surface area contributed by atoms with Crippen LogP contribution in [0.1, 0.15) is 12.5 Å². The molecule has 0 aromatic heterocycles. The topological polar surface area (TPSA) is 60.8 Å². The summed E-state index contributed by atoms with van der Waals surface area (Å²) in [6.07, 6.45) is 0.721. The van der Waals surface area contributed by atoms with E-state index in [-0.39, 0.29) is 16.7 Å². The third-order valence-electron chi connectivity index (χ3n) is 2.56. The molecule has 1 heterocycles. The monoisotopic (exact) mass is 239 g/mol. The minimum atomic E-state index is -0.181. The zero-order valence-electron chi connectivity index (χ0n) is 8.93. The van der Waals surface area contributed by atoms with Crippen LogP contribution in [-0.4, -0.2) is 27.7 Å². The van der Waals surface area contributed by atoms with Crippen molar-refractivity contribution in [2.75, 3.05) is 17.2 Å². The van der Waals surface area contributed by atoms with Gasteiger partial charge < -0.3 is 15.1 Å². The quantitative estimate of drug-likeness (QED) is 0.738. The maximum Gasteiger partial charge on any atom is 0.286 e. The average molecular weight is 239 g/mol. The van der Waals surface area contributed by atoms with Crippen LogP contribution in [0.4, 0.5) is 10.5 Å². The third kappa shape index (κ3) is 1.82. The van der Waals surface area contributed by atoms with Gasteiger partial charge in [-0.25, -0.2) is 0 Å². The van der Waals surface area contributed by atoms with E-state index >= 15 is 0 Å². The van der Waals surface area contributed by atoms with Gasteiger partial charge in [-0.2, -0.15) is 0 Å². The minimum absolute atomic E-state index is 0.00802. The van der Waals surface area contributed by atoms with Crippen LogP contribution in [0.5, 0.6) is 11.5 Å². The molecule has 4 nitrogen and oxygen atoms in total. The number of aromatic hydroxyl groups is 2. The van der Waals surface area contributed by atoms with Gasteiger partial charge in [0.1, 0.15) is 0 Å². The maximum absolute atomic E-state index is 11.7. The molecule has 16 heavy (non-hydrogen) atoms. The fourth-order valence-corrected chi connectivity index (χ4v) is 2.40. The van der Waals surface area contributed by atoms with Crippen LogP contribution in [0.2, 0.25) is 0 Å². The average Bonchev–Trinajstić information content (AvgIpc) is 2.62. The molecular formula is C11H13NO3S. The summed E-state index contributed by atoms with van der Waals surface area (Å²) in [6, 6.07) is 2.97. The standard InChI is InChI=1S/C11H13NO3S/c1-2-16-11(15)12-4-3-7-5-9(13)10(14)6-8(7)12/h5-6,13-14H,2-4H2,1H3. The number of thioether (sulfide) groups is 1. The Balaban J connectivity index is 2.32. The summed E-state index contributed by atoms with van der Waals surface area (Å²) in [5, 5.41) is 18.8. The highest BCUT2D eigenvalue weighted by Gasteiger charge is 2.26. The van der Waals surface area contributed by atoms with Crippen LogP contribution in [0, 0.1) is 0 Å². The molecule has 1 aliphatic rings. The molecule has 1 amide bonds. The Morgan fingerprint density at radius 2 is 2.12 bits per heavy atom. The minimum Gasteiger partial charge on any atom is -0.504 e. The number of benzene rings is 1. The molecular weight excluding hydrogens is 226 g/mol. The first-order valence-corrected chi connectivity index (χ1v) is 6.11. The Morgan fingerprint density at radius 1 is 1.44 bits per heavy atom. The molecule has 0 aliphatic carbocycles. The van der Waals surface area contributed by atoms with Gasteiger partial charge in [-0.3, -0.25) is 4.79 Å². The van der Waals surface area contributed by atoms with Crippen molar-refractivity contribution < 1.29 is 15.0 Å². The summed E-state index contributed by atoms with van der Waals surface area (Å²) < 4.78 is 0. The highest BCUT2D eigenvalue weighted by molar-refractivity contribution is 8.13. The normalized spacial score (nSPS) is 13.9. The lowest BCUT2D eigenvalue weighted by Crippen LogP contribution is -2.24. The lowest BCUT2D eigenvalue weighted by molar-refractivity contribution is 0.265. The zero-order valence-corrected chi connectivity index (χ0v) is 9.75. The number of carbonyl (C=O) groups is 1. The van der Waals surface area contributed by atoms with Gasteiger partial charge in [0.25, 0.3) is 5.24 Å². The van der Waals surface area contributed by atoms with E-state index in [9.17, 15) is 15.0 Å². The molecule has 2 rings (SSSR count). The Bertz CT molecular complexity index is 433. The molecule has 1 aromatic carbocycles. The summed E-state index contributed by atoms with van der Waals surface area (Å²) in [6.45, 7) is 2.54. The van der Waals surface area contributed by atoms with Gasteiger partial charge in [0, 0.05) is 12.6 Å². The van der Waals surface area contributed by atoms with E-state index in [1.165, 1.54) is 23.9 Å². The van der Waals surface area contributed by atoms with Crippen LogP contribution in [-0.2, 0) is 6.42 Å². The van der Waals surface area contributed by atoms with Crippen molar-refractivity contribution in [1.29, 1.82) is 0 Å². The van der Waals surface area contributed by atoms with E-state index in [1.54, 1.807) is 4.90 Å². The molecule has 0 bridgehead atoms. The fraction of sp³-hybridized carbons (Fsp3) is 0.364. The van der Waals surface area contributed by atoms with E-state index in [0.717, 1.165) is 17.7 Å². The number of anilines is 1. The first-order valence-electron chi connectivity index (χ1n) is 5.12. The predicted octanol–water partition coefficient (Wildman–Crippen LogP) is 2.33. The van der Waals surface area contributed by atoms with Crippen molar-refractivity contribution in [3.05, 3.63) is 17.7 Å². The number of rotatable bonds is 1. The Labute approximate surface area is 97.9 Å². The molecule has 0 unspecified atom stereocenters. The summed E-state index contributed by atoms with van der Waals surface area (Å²) in [7, 11) is 0. The van der Waals surface area contributed by atoms with Crippen molar-refractivity contribution >= 4 is 22.7 Å². The van der Waals surface area contributed by atoms with Crippen LogP contribution >= 0.6 is 11.8 Å². The number of phenolic OH excluding ortho intramolecular Hbond substituents is 2. The van der Waals surface area contributed by atoms with Gasteiger partial charge >= 0.3 is 0 Å². The summed E-state index contributed by atoms with van der Waals surface area (Å²) in [5.74, 6) is 0.422. The van der Waals surface area contributed by atoms with Gasteiger partial charge in [0.15, 0.2) is 11.5 Å². The molecule has 1 aromatic rings. The molecule has 0 saturated heterocycles. The molecule has 5 heteroatoms. The van der Waals surface area contributed by atoms with Crippen molar-refractivity contribution in [3.63, 3.8) is 0 Å². The van der Waals surface area contributed by atoms with E-state index < -0.39 is 0 Å². The molecule has 0 radical (unpaired) electrons. The lowest BCUT2D eigenvalue weighted by atomic mass is 10.1. The van der Waals surface area contributed by atoms with Crippen LogP contribution in [0.15, 0.2) is 12.1 Å². The van der Waals surface area contributed by atoms with E-state index in [0.29, 0.717) is 12.2 Å². The van der Waals surface area contributed by atoms with Gasteiger partial charge in [-0.1, -0.05) is 18.7 Å². The lowest BCUT2D eigenvalue weighted by Gasteiger charge is -2.16. The molecule has 0 fully saturated rings. The van der Waals surface area contributed by atoms with E-state index in [1.807, 2.05) is 6.92 Å². The number of phenols is 2. The third-order valence-corrected chi connectivity index (χ3v) is 3.32. The molecule has 0 atom stereocenters. The largest absolute Gasteiger partial charge is 0.504 e. The fourth-order valence-electron chi connectivity index (χ4n) is 1.80. The molecule has 0 saturated carbocycles. The first kappa shape index (κ1) is 11.1. The van der Waals surface area contributed by atoms with Gasteiger partial charge in [0.2, 0.25) is 0 Å². The molecule has 0 spiro atoms. The second kappa shape index (κ2) is 4.25. The second-order valence-electron chi connectivity index (χ2n) is 3.57. The number of hydrogen-bond donors (Lipinski definition) is 2. The number of nitrogens with zero attached hydrogens (tertiary/aromatic N) is 1. The van der Waals surface area contributed by atoms with Crippen LogP contribution in [0.25, 0.3) is 0 Å². The number of hydrogen-bond acceptors (Lipinski definition) is 4. The molecule has 2 N–H and O–H groups in total. The summed E-state index contributed by atoms with van der Waals surface area (Å²) in [4.78, 5) is 13.4. The van der Waals surface area contributed by atoms with E-state index in [4.69, 9.17) is 0 Å². The van der Waals surface area contributed by atoms with Crippen molar-refractivity contribution in [3.8, 4) is 11.5 Å². The summed E-state index contributed by atoms with van der Waals surface area (Å²) in [5.41, 5.74) is 1.61. The van der Waals surface area contributed by atoms with E-state index in [2.05, 4.69) is 0 Å². The highest BCUT2D eigenvalue weighted by atomic mass is 32.2. The van der Waals surface area contributed by atoms with Crippen LogP contribution in [0.3, 0.4) is 0 Å². The van der Waals surface area contributed by atoms with Crippen molar-refractivity contribution in [2.45, 2.75) is 13.3 Å². The second-order valence-corrected chi connectivity index (χ2v) is 4.79. The Morgan fingerprint density at radius 3 is 2.81 bits per heavy atom. The smallest absolute Gasteiger partial charge is 0.286 e. The van der Waals surface area contributed by atoms with Crippen molar-refractivity contribution in [2.24, 2.45) is 0 Å². The molecule has 1 aliphatic heterocycles. The number of carbonyl (C=O) groups excluding carboxylic acids is 1. The predicted molar refractivity (Wildman–Crippen MR) is 64.3 cm³/mol. The maximum atomic E-state index is 11.7. The number of amides is 1. The molecule has 86 valence electrons. The zero-order chi connectivity index (χ0) is 11.7. The summed E-state index contributed by atoms with van der Waals surface area (Å²) >= 11 is 1.25. The van der Waals surface area contributed by atoms with Crippen LogP contribution < -0.4 is 4.90 Å². The van der Waals surface area contributed by atoms with Crippen molar-refractivity contribution in [1.82, 2.24) is 0 Å². The Kier molecular flexibility index (Phi) is 2.96. The van der Waals surface area contributed by atoms with Gasteiger partial charge in [-0.05, 0) is 23.8 Å². The van der Waals surface area contributed by atoms with Gasteiger partial charge in [-0.15, -0.1) is 0 Å². The Hall–Kier alpha value is -1.36.